The topological polar surface area (TPSA) is 66.5 Å². The van der Waals surface area contributed by atoms with E-state index in [1.807, 2.05) is 24.3 Å². The molecule has 2 rings (SSSR count). The summed E-state index contributed by atoms with van der Waals surface area (Å²) in [6.07, 6.45) is 1.87. The quantitative estimate of drug-likeness (QED) is 0.514. The number of nitrogens with one attached hydrogen (secondary N) is 1. The second-order valence-electron chi connectivity index (χ2n) is 6.54. The maximum Gasteiger partial charge on any atom is 0.240 e. The van der Waals surface area contributed by atoms with Crippen molar-refractivity contribution in [3.05, 3.63) is 63.6 Å². The number of thioether (sulfide) groups is 1. The zero-order valence-electron chi connectivity index (χ0n) is 16.3. The highest BCUT2D eigenvalue weighted by molar-refractivity contribution is 7.98. The van der Waals surface area contributed by atoms with Crippen LogP contribution >= 0.6 is 35.0 Å². The first kappa shape index (κ1) is 23.9. The highest BCUT2D eigenvalue weighted by atomic mass is 35.5. The summed E-state index contributed by atoms with van der Waals surface area (Å²) >= 11 is 13.7. The predicted octanol–water partition coefficient (Wildman–Crippen LogP) is 4.51. The van der Waals surface area contributed by atoms with Gasteiger partial charge in [-0.3, -0.25) is 9.10 Å². The standard InChI is InChI=1S/C20H24Cl2N2O3S2/c1-15-18(22)5-3-6-19(15)24(29(2,26)27)13-20(25)23-11-4-12-28-14-16-7-9-17(21)10-8-16/h3,5-10H,4,11-14H2,1-2H3,(H,23,25). The van der Waals surface area contributed by atoms with Gasteiger partial charge in [-0.2, -0.15) is 11.8 Å². The smallest absolute Gasteiger partial charge is 0.240 e. The van der Waals surface area contributed by atoms with Crippen LogP contribution in [0.3, 0.4) is 0 Å². The Morgan fingerprint density at radius 2 is 1.83 bits per heavy atom. The van der Waals surface area contributed by atoms with Gasteiger partial charge in [0.25, 0.3) is 0 Å². The summed E-state index contributed by atoms with van der Waals surface area (Å²) in [5.41, 5.74) is 2.23. The van der Waals surface area contributed by atoms with E-state index in [0.29, 0.717) is 22.8 Å². The Bertz CT molecular complexity index is 935. The van der Waals surface area contributed by atoms with Gasteiger partial charge in [0.05, 0.1) is 11.9 Å². The molecule has 0 heterocycles. The highest BCUT2D eigenvalue weighted by Gasteiger charge is 2.22. The molecule has 0 radical (unpaired) electrons. The van der Waals surface area contributed by atoms with Crippen molar-refractivity contribution in [2.75, 3.05) is 29.4 Å². The number of carbonyl (C=O) groups is 1. The Kier molecular flexibility index (Phi) is 9.14. The lowest BCUT2D eigenvalue weighted by molar-refractivity contribution is -0.119. The number of hydrogen-bond donors (Lipinski definition) is 1. The van der Waals surface area contributed by atoms with Crippen LogP contribution in [0.4, 0.5) is 5.69 Å². The van der Waals surface area contributed by atoms with Gasteiger partial charge in [-0.1, -0.05) is 41.4 Å². The van der Waals surface area contributed by atoms with Gasteiger partial charge >= 0.3 is 0 Å². The van der Waals surface area contributed by atoms with E-state index < -0.39 is 10.0 Å². The summed E-state index contributed by atoms with van der Waals surface area (Å²) in [7, 11) is -3.62. The fourth-order valence-corrected chi connectivity index (χ4v) is 4.73. The molecule has 29 heavy (non-hydrogen) atoms. The molecule has 0 bridgehead atoms. The van der Waals surface area contributed by atoms with Gasteiger partial charge in [-0.25, -0.2) is 8.42 Å². The van der Waals surface area contributed by atoms with E-state index in [1.165, 1.54) is 5.56 Å². The van der Waals surface area contributed by atoms with E-state index in [0.717, 1.165) is 33.5 Å². The molecule has 9 heteroatoms. The van der Waals surface area contributed by atoms with Crippen molar-refractivity contribution >= 4 is 56.6 Å². The van der Waals surface area contributed by atoms with E-state index >= 15 is 0 Å². The minimum Gasteiger partial charge on any atom is -0.354 e. The molecule has 1 amide bonds. The molecule has 0 spiro atoms. The maximum absolute atomic E-state index is 12.3. The third-order valence-electron chi connectivity index (χ3n) is 4.16. The normalized spacial score (nSPS) is 11.3. The van der Waals surface area contributed by atoms with Gasteiger partial charge in [0, 0.05) is 22.3 Å². The molecular weight excluding hydrogens is 451 g/mol. The van der Waals surface area contributed by atoms with Crippen LogP contribution in [0.1, 0.15) is 17.5 Å². The number of carbonyl (C=O) groups excluding carboxylic acids is 1. The van der Waals surface area contributed by atoms with Crippen molar-refractivity contribution < 1.29 is 13.2 Å². The van der Waals surface area contributed by atoms with Crippen molar-refractivity contribution in [1.82, 2.24) is 5.32 Å². The molecule has 0 aliphatic rings. The van der Waals surface area contributed by atoms with Crippen molar-refractivity contribution in [3.8, 4) is 0 Å². The number of amides is 1. The van der Waals surface area contributed by atoms with E-state index in [1.54, 1.807) is 36.9 Å². The molecule has 0 unspecified atom stereocenters. The molecule has 1 N–H and O–H groups in total. The number of sulfonamides is 1. The zero-order chi connectivity index (χ0) is 21.4. The lowest BCUT2D eigenvalue weighted by atomic mass is 10.2. The average molecular weight is 475 g/mol. The monoisotopic (exact) mass is 474 g/mol. The van der Waals surface area contributed by atoms with Gasteiger partial charge in [0.15, 0.2) is 0 Å². The first-order valence-electron chi connectivity index (χ1n) is 9.00. The number of benzene rings is 2. The molecule has 5 nitrogen and oxygen atoms in total. The molecule has 0 fully saturated rings. The summed E-state index contributed by atoms with van der Waals surface area (Å²) in [5, 5.41) is 3.96. The van der Waals surface area contributed by atoms with Crippen LogP contribution in [0.5, 0.6) is 0 Å². The molecule has 2 aromatic carbocycles. The van der Waals surface area contributed by atoms with Gasteiger partial charge in [-0.05, 0) is 54.5 Å². The lowest BCUT2D eigenvalue weighted by Gasteiger charge is -2.24. The third kappa shape index (κ3) is 7.74. The Balaban J connectivity index is 1.80. The summed E-state index contributed by atoms with van der Waals surface area (Å²) in [6.45, 7) is 1.93. The number of halogens is 2. The molecule has 158 valence electrons. The molecule has 0 saturated heterocycles. The highest BCUT2D eigenvalue weighted by Crippen LogP contribution is 2.28. The molecule has 2 aromatic rings. The summed E-state index contributed by atoms with van der Waals surface area (Å²) in [4.78, 5) is 12.3. The SMILES string of the molecule is Cc1c(Cl)cccc1N(CC(=O)NCCCSCc1ccc(Cl)cc1)S(C)(=O)=O. The van der Waals surface area contributed by atoms with Crippen molar-refractivity contribution in [1.29, 1.82) is 0 Å². The Morgan fingerprint density at radius 1 is 1.14 bits per heavy atom. The van der Waals surface area contributed by atoms with Gasteiger partial charge < -0.3 is 5.32 Å². The summed E-state index contributed by atoms with van der Waals surface area (Å²) < 4.78 is 25.5. The second-order valence-corrected chi connectivity index (χ2v) is 10.4. The van der Waals surface area contributed by atoms with E-state index in [2.05, 4.69) is 5.32 Å². The molecule has 0 aliphatic heterocycles. The Labute approximate surface area is 186 Å². The second kappa shape index (κ2) is 11.1. The van der Waals surface area contributed by atoms with Crippen molar-refractivity contribution in [2.45, 2.75) is 19.1 Å². The van der Waals surface area contributed by atoms with Crippen LogP contribution in [0.2, 0.25) is 10.0 Å². The van der Waals surface area contributed by atoms with E-state index in [4.69, 9.17) is 23.2 Å². The predicted molar refractivity (Wildman–Crippen MR) is 124 cm³/mol. The number of anilines is 1. The van der Waals surface area contributed by atoms with Crippen LogP contribution in [-0.2, 0) is 20.6 Å². The molecule has 0 aliphatic carbocycles. The maximum atomic E-state index is 12.3. The van der Waals surface area contributed by atoms with Gasteiger partial charge in [-0.15, -0.1) is 0 Å². The number of rotatable bonds is 10. The molecule has 0 saturated carbocycles. The van der Waals surface area contributed by atoms with Crippen LogP contribution < -0.4 is 9.62 Å². The molecule has 0 aromatic heterocycles. The van der Waals surface area contributed by atoms with Crippen LogP contribution in [0, 0.1) is 6.92 Å². The summed E-state index contributed by atoms with van der Waals surface area (Å²) in [6, 6.07) is 12.7. The van der Waals surface area contributed by atoms with E-state index in [-0.39, 0.29) is 12.5 Å². The lowest BCUT2D eigenvalue weighted by Crippen LogP contribution is -2.41. The first-order chi connectivity index (χ1) is 13.7. The molecular formula is C20H24Cl2N2O3S2. The van der Waals surface area contributed by atoms with E-state index in [9.17, 15) is 13.2 Å². The average Bonchev–Trinajstić information content (AvgIpc) is 2.66. The minimum atomic E-state index is -3.62. The minimum absolute atomic E-state index is 0.280. The fourth-order valence-electron chi connectivity index (χ4n) is 2.61. The molecule has 0 atom stereocenters. The third-order valence-corrected chi connectivity index (χ3v) is 7.07. The summed E-state index contributed by atoms with van der Waals surface area (Å²) in [5.74, 6) is 1.41. The Hall–Kier alpha value is -1.41. The number of nitrogens with zero attached hydrogens (tertiary/aromatic N) is 1. The van der Waals surface area contributed by atoms with Crippen LogP contribution in [-0.4, -0.2) is 39.4 Å². The first-order valence-corrected chi connectivity index (χ1v) is 12.8. The van der Waals surface area contributed by atoms with Gasteiger partial charge in [0.1, 0.15) is 6.54 Å². The largest absolute Gasteiger partial charge is 0.354 e. The van der Waals surface area contributed by atoms with Crippen molar-refractivity contribution in [3.63, 3.8) is 0 Å². The van der Waals surface area contributed by atoms with Crippen molar-refractivity contribution in [2.24, 2.45) is 0 Å². The van der Waals surface area contributed by atoms with Crippen LogP contribution in [0.25, 0.3) is 0 Å². The zero-order valence-corrected chi connectivity index (χ0v) is 19.5. The fraction of sp³-hybridized carbons (Fsp3) is 0.350. The Morgan fingerprint density at radius 3 is 2.48 bits per heavy atom. The number of hydrogen-bond acceptors (Lipinski definition) is 4. The van der Waals surface area contributed by atoms with Crippen LogP contribution in [0.15, 0.2) is 42.5 Å². The van der Waals surface area contributed by atoms with Gasteiger partial charge in [0.2, 0.25) is 15.9 Å².